The smallest absolute Gasteiger partial charge is 0.335 e. The first-order valence-electron chi connectivity index (χ1n) is 5.94. The highest BCUT2D eigenvalue weighted by Crippen LogP contribution is 2.24. The Balaban J connectivity index is 2.22. The molecule has 2 aromatic rings. The van der Waals surface area contributed by atoms with Crippen molar-refractivity contribution >= 4 is 33.5 Å². The summed E-state index contributed by atoms with van der Waals surface area (Å²) in [6.07, 6.45) is 0.700. The molecule has 1 aromatic heterocycles. The topological polar surface area (TPSA) is 79.5 Å². The molecule has 0 unspecified atom stereocenters. The van der Waals surface area contributed by atoms with Gasteiger partial charge >= 0.3 is 5.97 Å². The minimum atomic E-state index is -1.06. The number of aryl methyl sites for hydroxylation is 1. The number of nitrogens with one attached hydrogen (secondary N) is 1. The fourth-order valence-corrected chi connectivity index (χ4v) is 1.97. The number of hydrogen-bond donors (Lipinski definition) is 2. The molecule has 0 aliphatic rings. The number of benzene rings is 1. The normalized spacial score (nSPS) is 10.3. The summed E-state index contributed by atoms with van der Waals surface area (Å²) in [4.78, 5) is 22.9. The van der Waals surface area contributed by atoms with E-state index in [0.29, 0.717) is 22.3 Å². The average Bonchev–Trinajstić information content (AvgIpc) is 2.89. The van der Waals surface area contributed by atoms with Crippen LogP contribution in [0.5, 0.6) is 0 Å². The number of rotatable bonds is 4. The van der Waals surface area contributed by atoms with Crippen LogP contribution in [0.2, 0.25) is 0 Å². The van der Waals surface area contributed by atoms with Gasteiger partial charge in [0.1, 0.15) is 5.76 Å². The Hall–Kier alpha value is -2.08. The van der Waals surface area contributed by atoms with E-state index in [0.717, 1.165) is 0 Å². The maximum atomic E-state index is 12.0. The van der Waals surface area contributed by atoms with E-state index in [2.05, 4.69) is 21.2 Å². The van der Waals surface area contributed by atoms with Crippen LogP contribution in [-0.4, -0.2) is 17.0 Å². The van der Waals surface area contributed by atoms with Gasteiger partial charge in [0.25, 0.3) is 5.91 Å². The molecule has 0 radical (unpaired) electrons. The zero-order valence-corrected chi connectivity index (χ0v) is 12.2. The van der Waals surface area contributed by atoms with Crippen molar-refractivity contribution in [2.24, 2.45) is 0 Å². The summed E-state index contributed by atoms with van der Waals surface area (Å²) >= 11 is 3.26. The van der Waals surface area contributed by atoms with E-state index in [9.17, 15) is 9.59 Å². The second-order valence-corrected chi connectivity index (χ2v) is 4.93. The predicted molar refractivity (Wildman–Crippen MR) is 77.1 cm³/mol. The fraction of sp³-hybridized carbons (Fsp3) is 0.143. The lowest BCUT2D eigenvalue weighted by atomic mass is 10.2. The third kappa shape index (κ3) is 3.08. The molecule has 2 N–H and O–H groups in total. The third-order valence-electron chi connectivity index (χ3n) is 2.70. The molecule has 1 aromatic carbocycles. The fourth-order valence-electron chi connectivity index (χ4n) is 1.63. The molecule has 1 heterocycles. The van der Waals surface area contributed by atoms with Crippen LogP contribution in [0.15, 0.2) is 39.2 Å². The summed E-state index contributed by atoms with van der Waals surface area (Å²) in [7, 11) is 0. The number of furan rings is 1. The Morgan fingerprint density at radius 1 is 1.30 bits per heavy atom. The van der Waals surface area contributed by atoms with Gasteiger partial charge < -0.3 is 14.8 Å². The number of hydrogen-bond acceptors (Lipinski definition) is 3. The molecular weight excluding hydrogens is 326 g/mol. The molecule has 1 amide bonds. The molecule has 6 heteroatoms. The molecule has 0 bridgehead atoms. The zero-order valence-electron chi connectivity index (χ0n) is 10.6. The van der Waals surface area contributed by atoms with Crippen molar-refractivity contribution in [1.82, 2.24) is 0 Å². The first kappa shape index (κ1) is 14.3. The Kier molecular flexibility index (Phi) is 4.24. The predicted octanol–water partition coefficient (Wildman–Crippen LogP) is 3.56. The monoisotopic (exact) mass is 337 g/mol. The summed E-state index contributed by atoms with van der Waals surface area (Å²) in [6.45, 7) is 1.92. The Morgan fingerprint density at radius 3 is 2.65 bits per heavy atom. The Labute approximate surface area is 123 Å². The minimum absolute atomic E-state index is 0.0946. The van der Waals surface area contributed by atoms with Crippen molar-refractivity contribution in [2.75, 3.05) is 5.32 Å². The van der Waals surface area contributed by atoms with Gasteiger partial charge in [0.15, 0.2) is 5.76 Å². The lowest BCUT2D eigenvalue weighted by Gasteiger charge is -2.07. The van der Waals surface area contributed by atoms with Gasteiger partial charge in [0.05, 0.1) is 11.3 Å². The second kappa shape index (κ2) is 5.92. The summed E-state index contributed by atoms with van der Waals surface area (Å²) < 4.78 is 5.94. The van der Waals surface area contributed by atoms with Gasteiger partial charge in [-0.05, 0) is 46.3 Å². The van der Waals surface area contributed by atoms with Crippen LogP contribution in [0.25, 0.3) is 0 Å². The van der Waals surface area contributed by atoms with Crippen LogP contribution in [0.1, 0.15) is 33.6 Å². The van der Waals surface area contributed by atoms with Gasteiger partial charge in [-0.25, -0.2) is 4.79 Å². The number of halogens is 1. The van der Waals surface area contributed by atoms with Crippen LogP contribution in [0, 0.1) is 0 Å². The molecule has 0 atom stereocenters. The van der Waals surface area contributed by atoms with Gasteiger partial charge in [0.2, 0.25) is 0 Å². The lowest BCUT2D eigenvalue weighted by Crippen LogP contribution is -2.12. The molecule has 0 spiro atoms. The molecule has 0 aliphatic carbocycles. The maximum Gasteiger partial charge on any atom is 0.335 e. The maximum absolute atomic E-state index is 12.0. The van der Waals surface area contributed by atoms with Crippen molar-refractivity contribution < 1.29 is 19.1 Å². The van der Waals surface area contributed by atoms with Gasteiger partial charge in [-0.1, -0.05) is 6.92 Å². The van der Waals surface area contributed by atoms with E-state index in [1.165, 1.54) is 12.1 Å². The number of carboxylic acid groups (broad SMARTS) is 1. The molecule has 5 nitrogen and oxygen atoms in total. The Morgan fingerprint density at radius 2 is 2.05 bits per heavy atom. The number of carboxylic acids is 1. The third-order valence-corrected chi connectivity index (χ3v) is 3.39. The van der Waals surface area contributed by atoms with Crippen LogP contribution >= 0.6 is 15.9 Å². The summed E-state index contributed by atoms with van der Waals surface area (Å²) in [5.74, 6) is -0.574. The van der Waals surface area contributed by atoms with Crippen LogP contribution in [0.4, 0.5) is 5.69 Å². The quantitative estimate of drug-likeness (QED) is 0.893. The Bertz CT molecular complexity index is 663. The number of aromatic carboxylic acids is 1. The lowest BCUT2D eigenvalue weighted by molar-refractivity contribution is 0.0696. The van der Waals surface area contributed by atoms with E-state index in [1.807, 2.05) is 6.92 Å². The average molecular weight is 338 g/mol. The first-order chi connectivity index (χ1) is 9.51. The van der Waals surface area contributed by atoms with Gasteiger partial charge in [0, 0.05) is 10.9 Å². The second-order valence-electron chi connectivity index (χ2n) is 4.07. The summed E-state index contributed by atoms with van der Waals surface area (Å²) in [5, 5.41) is 11.6. The van der Waals surface area contributed by atoms with Crippen molar-refractivity contribution in [3.8, 4) is 0 Å². The van der Waals surface area contributed by atoms with E-state index in [1.54, 1.807) is 18.2 Å². The largest absolute Gasteiger partial charge is 0.478 e. The minimum Gasteiger partial charge on any atom is -0.478 e. The molecule has 20 heavy (non-hydrogen) atoms. The van der Waals surface area contributed by atoms with Gasteiger partial charge in [-0.2, -0.15) is 0 Å². The molecule has 104 valence electrons. The molecule has 0 aliphatic heterocycles. The molecule has 0 saturated carbocycles. The first-order valence-corrected chi connectivity index (χ1v) is 6.73. The van der Waals surface area contributed by atoms with Gasteiger partial charge in [-0.15, -0.1) is 0 Å². The van der Waals surface area contributed by atoms with Crippen molar-refractivity contribution in [1.29, 1.82) is 0 Å². The molecule has 2 rings (SSSR count). The number of carbonyl (C=O) groups excluding carboxylic acids is 1. The summed E-state index contributed by atoms with van der Waals surface area (Å²) in [6, 6.07) is 7.72. The summed E-state index contributed by atoms with van der Waals surface area (Å²) in [5.41, 5.74) is 0.474. The van der Waals surface area contributed by atoms with Gasteiger partial charge in [-0.3, -0.25) is 4.79 Å². The standard InChI is InChI=1S/C14H12BrNO4/c1-2-9-4-6-12(20-9)13(17)16-11-7-8(14(18)19)3-5-10(11)15/h3-7H,2H2,1H3,(H,16,17)(H,18,19). The van der Waals surface area contributed by atoms with Crippen LogP contribution in [-0.2, 0) is 6.42 Å². The molecular formula is C14H12BrNO4. The molecule has 0 saturated heterocycles. The van der Waals surface area contributed by atoms with Crippen LogP contribution < -0.4 is 5.32 Å². The van der Waals surface area contributed by atoms with Crippen molar-refractivity contribution in [3.05, 3.63) is 51.9 Å². The highest BCUT2D eigenvalue weighted by atomic mass is 79.9. The van der Waals surface area contributed by atoms with Crippen molar-refractivity contribution in [3.63, 3.8) is 0 Å². The van der Waals surface area contributed by atoms with Crippen molar-refractivity contribution in [2.45, 2.75) is 13.3 Å². The van der Waals surface area contributed by atoms with E-state index in [4.69, 9.17) is 9.52 Å². The van der Waals surface area contributed by atoms with Crippen LogP contribution in [0.3, 0.4) is 0 Å². The highest BCUT2D eigenvalue weighted by molar-refractivity contribution is 9.10. The SMILES string of the molecule is CCc1ccc(C(=O)Nc2cc(C(=O)O)ccc2Br)o1. The van der Waals surface area contributed by atoms with E-state index < -0.39 is 11.9 Å². The number of carbonyl (C=O) groups is 2. The number of anilines is 1. The van der Waals surface area contributed by atoms with E-state index >= 15 is 0 Å². The molecule has 0 fully saturated rings. The van der Waals surface area contributed by atoms with E-state index in [-0.39, 0.29) is 11.3 Å². The zero-order chi connectivity index (χ0) is 14.7. The number of amides is 1. The highest BCUT2D eigenvalue weighted by Gasteiger charge is 2.14.